The van der Waals surface area contributed by atoms with Gasteiger partial charge in [0, 0.05) is 241 Å². The summed E-state index contributed by atoms with van der Waals surface area (Å²) < 4.78 is 155. The van der Waals surface area contributed by atoms with Crippen LogP contribution >= 0.6 is 0 Å². The number of rotatable bonds is 86. The van der Waals surface area contributed by atoms with Gasteiger partial charge >= 0.3 is 8.32 Å². The molecule has 0 spiro atoms. The van der Waals surface area contributed by atoms with Gasteiger partial charge in [-0.05, 0) is 122 Å². The van der Waals surface area contributed by atoms with Crippen molar-refractivity contribution in [3.63, 3.8) is 0 Å². The van der Waals surface area contributed by atoms with Crippen LogP contribution in [0.5, 0.6) is 0 Å². The molecule has 3 unspecified atom stereocenters. The SMILES string of the molecule is CCCO[Si](OC([SiH2]CCCCCCC(OC)(OC)OC)([SiH2]CCCCCCC(OCC)(OCC)OCC)[SiH2]CCCCC(OC)(OC)OC)(OC([SiH2]CCCCC(OCC)(OCC)OCC)([SiH2]CC(OC)(OC)OC)[SiH2]CC(OCC)(OCC)OCC)[SiH2]CCCCCCCCCCC(OCC)(OCC)OCC. The monoisotopic (exact) mass is 1710 g/mol. The molecule has 0 aromatic heterocycles. The molecule has 0 fully saturated rings. The van der Waals surface area contributed by atoms with E-state index in [1.54, 1.807) is 64.0 Å². The Balaban J connectivity index is 8.97. The first-order chi connectivity index (χ1) is 52.7. The molecule has 24 nitrogen and oxygen atoms in total. The maximum absolute atomic E-state index is 8.93. The Hall–Kier alpha value is 0.775. The van der Waals surface area contributed by atoms with Gasteiger partial charge in [-0.15, -0.1) is 0 Å². The van der Waals surface area contributed by atoms with Crippen molar-refractivity contribution in [3.05, 3.63) is 0 Å². The minimum atomic E-state index is -3.61. The molecule has 0 N–H and O–H groups in total. The molecule has 656 valence electrons. The summed E-state index contributed by atoms with van der Waals surface area (Å²) in [5, 5.41) is 0. The largest absolute Gasteiger partial charge is 0.461 e. The highest BCUT2D eigenvalue weighted by Gasteiger charge is 2.54. The first-order valence-electron chi connectivity index (χ1n) is 43.4. The van der Waals surface area contributed by atoms with Crippen molar-refractivity contribution in [1.29, 1.82) is 0 Å². The second kappa shape index (κ2) is 66.6. The Labute approximate surface area is 683 Å². The number of methoxy groups -OCH3 is 9. The van der Waals surface area contributed by atoms with Gasteiger partial charge in [-0.25, -0.2) is 0 Å². The van der Waals surface area contributed by atoms with E-state index in [9.17, 15) is 0 Å². The topological polar surface area (TPSA) is 222 Å². The van der Waals surface area contributed by atoms with Crippen LogP contribution in [0.25, 0.3) is 0 Å². The Morgan fingerprint density at radius 3 is 0.697 bits per heavy atom. The van der Waals surface area contributed by atoms with Gasteiger partial charge in [0.25, 0.3) is 41.8 Å². The van der Waals surface area contributed by atoms with Crippen LogP contribution < -0.4 is 0 Å². The van der Waals surface area contributed by atoms with E-state index >= 15 is 0 Å². The zero-order valence-corrected chi connectivity index (χ0v) is 85.2. The molecule has 3 atom stereocenters. The zero-order valence-electron chi connectivity index (χ0n) is 74.3. The van der Waals surface area contributed by atoms with E-state index in [1.807, 2.05) is 83.1 Å². The van der Waals surface area contributed by atoms with Gasteiger partial charge in [-0.2, -0.15) is 0 Å². The summed E-state index contributed by atoms with van der Waals surface area (Å²) in [7, 11) is 3.48. The van der Waals surface area contributed by atoms with Gasteiger partial charge in [-0.3, -0.25) is 0 Å². The zero-order chi connectivity index (χ0) is 81.4. The standard InChI is InChI=1S/C77H172O24Si8/c1-23-61-99-109(108-66-53-43-39-37-36-38-40-47-58-71(87-24-2,88-25-3)89-26-4,101-77(106-67-74(84-20,85-21)86-22,107-68-75(96-33-11,97-34-12)98-35-13)105-65-55-50-60-73(93-30-8,94-31-9)95-32-10)100-76(104-64-54-49-57-70(81-17,82-18)83-19,102-62-51-44-41-46-56-69(78-14,79-15)80-16)103-63-52-45-42-48-59-72(90-27-5,91-28-6)92-29-7/h23-68,102-108H2,1-22H3. The minimum absolute atomic E-state index is 0.175. The average molecular weight is 1710 g/mol. The van der Waals surface area contributed by atoms with Crippen molar-refractivity contribution in [2.45, 2.75) is 350 Å². The van der Waals surface area contributed by atoms with Gasteiger partial charge < -0.3 is 113 Å². The van der Waals surface area contributed by atoms with Crippen LogP contribution in [0.15, 0.2) is 0 Å². The predicted octanol–water partition coefficient (Wildman–Crippen LogP) is 11.8. The third kappa shape index (κ3) is 44.6. The number of hydrogen-bond donors (Lipinski definition) is 0. The van der Waals surface area contributed by atoms with Crippen LogP contribution in [0.3, 0.4) is 0 Å². The summed E-state index contributed by atoms with van der Waals surface area (Å²) in [6.07, 6.45) is 25.4. The molecule has 0 saturated carbocycles. The molecule has 0 saturated heterocycles. The highest BCUT2D eigenvalue weighted by atomic mass is 29.2. The van der Waals surface area contributed by atoms with E-state index in [-0.39, 0.29) is 4.47 Å². The van der Waals surface area contributed by atoms with Crippen molar-refractivity contribution >= 4 is 74.5 Å². The van der Waals surface area contributed by atoms with Crippen molar-refractivity contribution < 1.29 is 113 Å². The lowest BCUT2D eigenvalue weighted by Crippen LogP contribution is -2.69. The first-order valence-corrected chi connectivity index (χ1v) is 58.7. The summed E-state index contributed by atoms with van der Waals surface area (Å²) >= 11 is 0. The fourth-order valence-corrected chi connectivity index (χ4v) is 55.7. The lowest BCUT2D eigenvalue weighted by molar-refractivity contribution is -0.380. The highest BCUT2D eigenvalue weighted by molar-refractivity contribution is 7.15. The summed E-state index contributed by atoms with van der Waals surface area (Å²) in [6, 6.07) is 6.71. The molecule has 0 bridgehead atoms. The molecule has 0 rings (SSSR count). The molecule has 0 aromatic carbocycles. The fraction of sp³-hybridized carbons (Fsp3) is 1.00. The Bertz CT molecular complexity index is 1950. The molecule has 109 heavy (non-hydrogen) atoms. The van der Waals surface area contributed by atoms with Gasteiger partial charge in [0.15, 0.2) is 0 Å². The van der Waals surface area contributed by atoms with Crippen LogP contribution in [0.1, 0.15) is 257 Å². The molecular weight excluding hydrogens is 1530 g/mol. The quantitative estimate of drug-likeness (QED) is 0.0314. The first kappa shape index (κ1) is 110. The Morgan fingerprint density at radius 2 is 0.431 bits per heavy atom. The molecule has 0 aliphatic heterocycles. The number of ether oxygens (including phenoxy) is 21. The van der Waals surface area contributed by atoms with Crippen LogP contribution in [-0.4, -0.2) is 275 Å². The predicted molar refractivity (Wildman–Crippen MR) is 460 cm³/mol. The maximum atomic E-state index is 8.93. The molecule has 32 heteroatoms. The third-order valence-corrected chi connectivity index (χ3v) is 54.5. The third-order valence-electron chi connectivity index (χ3n) is 20.6. The number of hydrogen-bond acceptors (Lipinski definition) is 24. The van der Waals surface area contributed by atoms with E-state index in [1.165, 1.54) is 31.4 Å². The highest BCUT2D eigenvalue weighted by Crippen LogP contribution is 2.36. The minimum Gasteiger partial charge on any atom is -0.382 e. The second-order valence-electron chi connectivity index (χ2n) is 28.3. The summed E-state index contributed by atoms with van der Waals surface area (Å²) in [5.74, 6) is -7.73. The van der Waals surface area contributed by atoms with Crippen LogP contribution in [0.4, 0.5) is 0 Å². The van der Waals surface area contributed by atoms with Gasteiger partial charge in [0.2, 0.25) is 0 Å². The van der Waals surface area contributed by atoms with Crippen molar-refractivity contribution in [3.8, 4) is 0 Å². The summed E-state index contributed by atoms with van der Waals surface area (Å²) in [4.78, 5) is 0. The van der Waals surface area contributed by atoms with Crippen molar-refractivity contribution in [1.82, 2.24) is 0 Å². The van der Waals surface area contributed by atoms with E-state index in [4.69, 9.17) is 113 Å². The van der Waals surface area contributed by atoms with Crippen molar-refractivity contribution in [2.75, 3.05) is 150 Å². The fourth-order valence-electron chi connectivity index (χ4n) is 15.2. The Morgan fingerprint density at radius 1 is 0.220 bits per heavy atom. The summed E-state index contributed by atoms with van der Waals surface area (Å²) in [5.41, 5.74) is 0. The summed E-state index contributed by atoms with van der Waals surface area (Å²) in [6.45, 7) is 32.9. The Kier molecular flexibility index (Phi) is 67.0. The van der Waals surface area contributed by atoms with Crippen molar-refractivity contribution in [2.24, 2.45) is 0 Å². The van der Waals surface area contributed by atoms with Gasteiger partial charge in [0.05, 0.1) is 19.0 Å². The molecule has 0 aliphatic rings. The smallest absolute Gasteiger partial charge is 0.382 e. The van der Waals surface area contributed by atoms with E-state index < -0.39 is 121 Å². The van der Waals surface area contributed by atoms with Gasteiger partial charge in [-0.1, -0.05) is 133 Å². The molecular formula is C77H172O24Si8. The molecule has 0 amide bonds. The average Bonchev–Trinajstić information content (AvgIpc) is 0.776. The molecule has 0 aliphatic carbocycles. The normalized spacial score (nSPS) is 15.6. The number of unbranched alkanes of at least 4 members (excludes halogenated alkanes) is 15. The van der Waals surface area contributed by atoms with E-state index in [2.05, 4.69) is 6.92 Å². The lowest BCUT2D eigenvalue weighted by Gasteiger charge is -2.49. The second-order valence-corrected chi connectivity index (χ2v) is 56.2. The van der Waals surface area contributed by atoms with Crippen LogP contribution in [-0.2, 0) is 113 Å². The molecule has 0 aromatic rings. The van der Waals surface area contributed by atoms with Gasteiger partial charge in [0.1, 0.15) is 9.04 Å². The van der Waals surface area contributed by atoms with Crippen LogP contribution in [0, 0.1) is 0 Å². The van der Waals surface area contributed by atoms with E-state index in [0.29, 0.717) is 124 Å². The molecule has 0 heterocycles. The van der Waals surface area contributed by atoms with E-state index in [0.717, 1.165) is 140 Å². The maximum Gasteiger partial charge on any atom is 0.461 e. The van der Waals surface area contributed by atoms with Crippen LogP contribution in [0.2, 0.25) is 42.3 Å². The molecule has 0 radical (unpaired) electrons. The lowest BCUT2D eigenvalue weighted by atomic mass is 10.1.